The minimum absolute atomic E-state index is 0.0375. The lowest BCUT2D eigenvalue weighted by Crippen LogP contribution is -2.59. The van der Waals surface area contributed by atoms with Crippen LogP contribution in [0, 0.1) is 0 Å². The first-order valence-electron chi connectivity index (χ1n) is 16.7. The van der Waals surface area contributed by atoms with Crippen molar-refractivity contribution >= 4 is 40.3 Å². The first kappa shape index (κ1) is 31.4. The van der Waals surface area contributed by atoms with Crippen LogP contribution in [-0.2, 0) is 14.9 Å². The number of amides is 2. The molecular weight excluding hydrogens is 607 g/mol. The third kappa shape index (κ3) is 5.35. The molecule has 0 unspecified atom stereocenters. The van der Waals surface area contributed by atoms with Crippen LogP contribution in [0.2, 0.25) is 5.15 Å². The van der Waals surface area contributed by atoms with E-state index in [9.17, 15) is 14.0 Å². The summed E-state index contributed by atoms with van der Waals surface area (Å²) >= 11 is 6.74. The van der Waals surface area contributed by atoms with Gasteiger partial charge < -0.3 is 19.1 Å². The fourth-order valence-corrected chi connectivity index (χ4v) is 8.18. The molecule has 3 aliphatic heterocycles. The smallest absolute Gasteiger partial charge is 0.410 e. The number of carbonyl (C=O) groups excluding carboxylic acids is 2. The zero-order valence-electron chi connectivity index (χ0n) is 27.4. The second-order valence-electron chi connectivity index (χ2n) is 14.9. The Hall–Kier alpha value is -3.24. The summed E-state index contributed by atoms with van der Waals surface area (Å²) in [6.07, 6.45) is 4.91. The van der Waals surface area contributed by atoms with Crippen molar-refractivity contribution in [2.45, 2.75) is 108 Å². The van der Waals surface area contributed by atoms with Crippen LogP contribution in [0.3, 0.4) is 0 Å². The maximum absolute atomic E-state index is 14.6. The van der Waals surface area contributed by atoms with E-state index in [-0.39, 0.29) is 30.1 Å². The number of anilines is 1. The molecule has 11 heteroatoms. The molecule has 9 nitrogen and oxygen atoms in total. The normalized spacial score (nSPS) is 25.0. The third-order valence-electron chi connectivity index (χ3n) is 10.4. The number of nitrogens with zero attached hydrogens (tertiary/aromatic N) is 6. The molecule has 2 amide bonds. The number of imidazole rings is 1. The van der Waals surface area contributed by atoms with Crippen molar-refractivity contribution in [3.05, 3.63) is 41.3 Å². The highest BCUT2D eigenvalue weighted by Gasteiger charge is 2.56. The largest absolute Gasteiger partial charge is 0.444 e. The lowest BCUT2D eigenvalue weighted by Gasteiger charge is -2.48. The summed E-state index contributed by atoms with van der Waals surface area (Å²) in [5.74, 6) is 0.103. The van der Waals surface area contributed by atoms with E-state index in [0.29, 0.717) is 49.7 Å². The van der Waals surface area contributed by atoms with Gasteiger partial charge in [-0.25, -0.2) is 19.2 Å². The molecular formula is C35H44ClFN6O3. The molecule has 7 rings (SSSR count). The van der Waals surface area contributed by atoms with Gasteiger partial charge in [0.25, 0.3) is 0 Å². The van der Waals surface area contributed by atoms with Crippen LogP contribution in [0.1, 0.15) is 84.7 Å². The average Bonchev–Trinajstić information content (AvgIpc) is 3.51. The van der Waals surface area contributed by atoms with Gasteiger partial charge in [-0.2, -0.15) is 0 Å². The molecule has 3 fully saturated rings. The predicted molar refractivity (Wildman–Crippen MR) is 177 cm³/mol. The number of halogens is 2. The van der Waals surface area contributed by atoms with Crippen LogP contribution >= 0.6 is 11.6 Å². The van der Waals surface area contributed by atoms with Gasteiger partial charge in [-0.15, -0.1) is 0 Å². The number of rotatable bonds is 4. The van der Waals surface area contributed by atoms with Gasteiger partial charge in [0.1, 0.15) is 17.3 Å². The van der Waals surface area contributed by atoms with Crippen LogP contribution in [0.25, 0.3) is 22.3 Å². The van der Waals surface area contributed by atoms with Crippen molar-refractivity contribution in [1.29, 1.82) is 0 Å². The molecule has 3 aromatic rings. The lowest BCUT2D eigenvalue weighted by atomic mass is 9.73. The molecule has 5 heterocycles. The Morgan fingerprint density at radius 3 is 2.52 bits per heavy atom. The first-order chi connectivity index (χ1) is 21.8. The summed E-state index contributed by atoms with van der Waals surface area (Å²) in [6.45, 7) is 12.0. The number of alkyl halides is 1. The quantitative estimate of drug-likeness (QED) is 0.285. The van der Waals surface area contributed by atoms with E-state index in [0.717, 1.165) is 53.7 Å². The lowest BCUT2D eigenvalue weighted by molar-refractivity contribution is -0.126. The second kappa shape index (κ2) is 11.5. The minimum atomic E-state index is -0.772. The Kier molecular flexibility index (Phi) is 7.82. The molecule has 0 radical (unpaired) electrons. The van der Waals surface area contributed by atoms with Crippen molar-refractivity contribution in [2.24, 2.45) is 0 Å². The van der Waals surface area contributed by atoms with Crippen molar-refractivity contribution in [2.75, 3.05) is 31.1 Å². The van der Waals surface area contributed by atoms with Crippen LogP contribution in [0.4, 0.5) is 14.9 Å². The van der Waals surface area contributed by atoms with E-state index in [1.165, 1.54) is 0 Å². The molecule has 2 aromatic heterocycles. The van der Waals surface area contributed by atoms with Gasteiger partial charge in [-0.3, -0.25) is 9.69 Å². The molecule has 246 valence electrons. The minimum Gasteiger partial charge on any atom is -0.444 e. The van der Waals surface area contributed by atoms with E-state index in [1.807, 2.05) is 42.4 Å². The average molecular weight is 651 g/mol. The Labute approximate surface area is 275 Å². The van der Waals surface area contributed by atoms with Crippen LogP contribution in [-0.4, -0.2) is 86.4 Å². The number of pyridine rings is 1. The number of hydrogen-bond acceptors (Lipinski definition) is 6. The molecule has 1 aliphatic carbocycles. The number of likely N-dealkylation sites (tertiary alicyclic amines) is 2. The number of ether oxygens (including phenoxy) is 1. The van der Waals surface area contributed by atoms with Gasteiger partial charge in [0.15, 0.2) is 5.15 Å². The van der Waals surface area contributed by atoms with E-state index < -0.39 is 17.2 Å². The number of hydrogen-bond donors (Lipinski definition) is 0. The van der Waals surface area contributed by atoms with Crippen LogP contribution < -0.4 is 4.90 Å². The summed E-state index contributed by atoms with van der Waals surface area (Å²) < 4.78 is 21.9. The zero-order valence-corrected chi connectivity index (χ0v) is 28.2. The van der Waals surface area contributed by atoms with Gasteiger partial charge in [-0.05, 0) is 97.4 Å². The van der Waals surface area contributed by atoms with Crippen molar-refractivity contribution in [1.82, 2.24) is 24.3 Å². The number of fused-ring (bicyclic) bond motifs is 3. The molecule has 4 aliphatic rings. The highest BCUT2D eigenvalue weighted by Crippen LogP contribution is 2.52. The van der Waals surface area contributed by atoms with E-state index >= 15 is 0 Å². The van der Waals surface area contributed by atoms with E-state index in [4.69, 9.17) is 21.3 Å². The maximum Gasteiger partial charge on any atom is 0.410 e. The van der Waals surface area contributed by atoms with Gasteiger partial charge >= 0.3 is 6.09 Å². The van der Waals surface area contributed by atoms with Gasteiger partial charge in [0, 0.05) is 49.0 Å². The molecule has 1 aromatic carbocycles. The van der Waals surface area contributed by atoms with Crippen molar-refractivity contribution < 1.29 is 18.7 Å². The summed E-state index contributed by atoms with van der Waals surface area (Å²) in [5.41, 5.74) is 3.78. The van der Waals surface area contributed by atoms with Crippen LogP contribution in [0.15, 0.2) is 30.6 Å². The Bertz CT molecular complexity index is 1670. The maximum atomic E-state index is 14.6. The molecule has 2 saturated heterocycles. The molecule has 0 bridgehead atoms. The Morgan fingerprint density at radius 1 is 1.11 bits per heavy atom. The Balaban J connectivity index is 1.21. The molecule has 1 spiro atoms. The van der Waals surface area contributed by atoms with Crippen LogP contribution in [0.5, 0.6) is 0 Å². The van der Waals surface area contributed by atoms with Gasteiger partial charge in [-0.1, -0.05) is 23.7 Å². The number of carbonyl (C=O) groups is 2. The highest BCUT2D eigenvalue weighted by atomic mass is 35.5. The fraction of sp³-hybridized carbons (Fsp3) is 0.600. The predicted octanol–water partition coefficient (Wildman–Crippen LogP) is 6.91. The number of benzene rings is 1. The monoisotopic (exact) mass is 650 g/mol. The first-order valence-corrected chi connectivity index (χ1v) is 17.1. The van der Waals surface area contributed by atoms with Gasteiger partial charge in [0.05, 0.1) is 23.0 Å². The Morgan fingerprint density at radius 2 is 1.85 bits per heavy atom. The summed E-state index contributed by atoms with van der Waals surface area (Å²) in [4.78, 5) is 42.9. The fourth-order valence-electron chi connectivity index (χ4n) is 7.90. The molecule has 1 atom stereocenters. The van der Waals surface area contributed by atoms with E-state index in [1.54, 1.807) is 11.2 Å². The van der Waals surface area contributed by atoms with Gasteiger partial charge in [0.2, 0.25) is 5.91 Å². The zero-order chi connectivity index (χ0) is 32.5. The number of piperidine rings is 2. The third-order valence-corrected chi connectivity index (χ3v) is 10.7. The summed E-state index contributed by atoms with van der Waals surface area (Å²) in [5, 5.41) is 0.396. The molecule has 0 N–H and O–H groups in total. The molecule has 1 saturated carbocycles. The SMILES string of the molecule is CC(C)n1cnc2cc(-c3ccc4c(c3)N(C3CC(N5CCC[C@@H](F)C5)C3)C(=O)C43CCN(C(=O)OC(C)(C)C)CC3)nc(Cl)c21. The standard InChI is InChI=1S/C35H44ClFN6O3/c1-21(2)42-20-38-28-18-27(39-31(36)30(28)42)22-8-9-26-29(15-22)43(25-16-24(17-25)41-12-6-7-23(37)19-41)32(44)35(26)10-13-40(14-11-35)33(45)46-34(3,4)5/h8-9,15,18,20-21,23-25H,6-7,10-14,16-17,19H2,1-5H3/t23-,24?,25?/m1/s1. The topological polar surface area (TPSA) is 83.8 Å². The summed E-state index contributed by atoms with van der Waals surface area (Å²) in [6, 6.07) is 8.66. The van der Waals surface area contributed by atoms with E-state index in [2.05, 4.69) is 35.9 Å². The van der Waals surface area contributed by atoms with Crippen molar-refractivity contribution in [3.63, 3.8) is 0 Å². The highest BCUT2D eigenvalue weighted by molar-refractivity contribution is 6.34. The molecule has 46 heavy (non-hydrogen) atoms. The summed E-state index contributed by atoms with van der Waals surface area (Å²) in [7, 11) is 0. The second-order valence-corrected chi connectivity index (χ2v) is 15.2. The number of aromatic nitrogens is 3. The van der Waals surface area contributed by atoms with Crippen molar-refractivity contribution in [3.8, 4) is 11.3 Å².